The maximum atomic E-state index is 10.3. The van der Waals surface area contributed by atoms with Gasteiger partial charge in [0.1, 0.15) is 18.0 Å². The number of aliphatic hydroxyl groups is 1. The van der Waals surface area contributed by atoms with Crippen LogP contribution in [0.15, 0.2) is 18.2 Å². The number of aryl methyl sites for hydroxylation is 1. The van der Waals surface area contributed by atoms with Gasteiger partial charge < -0.3 is 15.2 Å². The van der Waals surface area contributed by atoms with Gasteiger partial charge in [-0.1, -0.05) is 11.6 Å². The first-order chi connectivity index (χ1) is 8.09. The van der Waals surface area contributed by atoms with Crippen LogP contribution in [0.5, 0.6) is 5.75 Å². The van der Waals surface area contributed by atoms with Gasteiger partial charge in [-0.3, -0.25) is 0 Å². The average molecular weight is 256 g/mol. The Kier molecular flexibility index (Phi) is 3.92. The summed E-state index contributed by atoms with van der Waals surface area (Å²) in [5.41, 5.74) is 0.298. The van der Waals surface area contributed by atoms with Gasteiger partial charge in [0.05, 0.1) is 0 Å². The molecule has 4 heteroatoms. The number of rotatable bonds is 3. The van der Waals surface area contributed by atoms with Crippen molar-refractivity contribution in [1.29, 1.82) is 0 Å². The third-order valence-electron chi connectivity index (χ3n) is 3.17. The lowest BCUT2D eigenvalue weighted by molar-refractivity contribution is -0.0287. The van der Waals surface area contributed by atoms with Crippen molar-refractivity contribution in [2.24, 2.45) is 0 Å². The van der Waals surface area contributed by atoms with E-state index in [9.17, 15) is 5.11 Å². The van der Waals surface area contributed by atoms with Crippen LogP contribution < -0.4 is 10.1 Å². The van der Waals surface area contributed by atoms with E-state index < -0.39 is 5.60 Å². The molecular weight excluding hydrogens is 238 g/mol. The molecule has 0 bridgehead atoms. The molecule has 0 spiro atoms. The van der Waals surface area contributed by atoms with Crippen molar-refractivity contribution in [3.63, 3.8) is 0 Å². The molecule has 1 saturated heterocycles. The van der Waals surface area contributed by atoms with Gasteiger partial charge in [-0.05, 0) is 56.6 Å². The van der Waals surface area contributed by atoms with E-state index >= 15 is 0 Å². The minimum Gasteiger partial charge on any atom is -0.490 e. The summed E-state index contributed by atoms with van der Waals surface area (Å²) in [7, 11) is 0. The molecule has 0 saturated carbocycles. The Morgan fingerprint density at radius 3 is 2.76 bits per heavy atom. The number of halogens is 1. The summed E-state index contributed by atoms with van der Waals surface area (Å²) < 4.78 is 5.70. The summed E-state index contributed by atoms with van der Waals surface area (Å²) in [5, 5.41) is 14.2. The largest absolute Gasteiger partial charge is 0.490 e. The zero-order chi connectivity index (χ0) is 12.3. The van der Waals surface area contributed by atoms with Gasteiger partial charge in [0.25, 0.3) is 0 Å². The molecule has 0 aliphatic carbocycles. The molecule has 0 radical (unpaired) electrons. The molecule has 1 aliphatic rings. The van der Waals surface area contributed by atoms with Gasteiger partial charge in [-0.15, -0.1) is 0 Å². The quantitative estimate of drug-likeness (QED) is 0.870. The number of piperidine rings is 1. The van der Waals surface area contributed by atoms with E-state index in [-0.39, 0.29) is 0 Å². The molecule has 0 amide bonds. The summed E-state index contributed by atoms with van der Waals surface area (Å²) >= 11 is 5.88. The molecular formula is C13H18ClNO2. The van der Waals surface area contributed by atoms with E-state index in [4.69, 9.17) is 16.3 Å². The van der Waals surface area contributed by atoms with Crippen LogP contribution in [-0.4, -0.2) is 30.4 Å². The zero-order valence-corrected chi connectivity index (χ0v) is 10.8. The van der Waals surface area contributed by atoms with Crippen LogP contribution in [-0.2, 0) is 0 Å². The zero-order valence-electron chi connectivity index (χ0n) is 10.0. The minimum absolute atomic E-state index is 0.344. The Morgan fingerprint density at radius 2 is 2.12 bits per heavy atom. The Labute approximate surface area is 107 Å². The monoisotopic (exact) mass is 255 g/mol. The summed E-state index contributed by atoms with van der Waals surface area (Å²) in [6.07, 6.45) is 1.47. The lowest BCUT2D eigenvalue weighted by atomic mass is 9.93. The van der Waals surface area contributed by atoms with Gasteiger partial charge in [0.2, 0.25) is 0 Å². The van der Waals surface area contributed by atoms with E-state index in [1.54, 1.807) is 6.07 Å². The molecule has 1 aromatic rings. The predicted octanol–water partition coefficient (Wildman–Crippen LogP) is 2.14. The van der Waals surface area contributed by atoms with Crippen molar-refractivity contribution in [3.05, 3.63) is 28.8 Å². The lowest BCUT2D eigenvalue weighted by Gasteiger charge is -2.32. The maximum absolute atomic E-state index is 10.3. The number of ether oxygens (including phenoxy) is 1. The fourth-order valence-corrected chi connectivity index (χ4v) is 2.25. The van der Waals surface area contributed by atoms with E-state index in [0.717, 1.165) is 37.2 Å². The highest BCUT2D eigenvalue weighted by Gasteiger charge is 2.30. The molecule has 0 atom stereocenters. The van der Waals surface area contributed by atoms with Crippen molar-refractivity contribution in [3.8, 4) is 5.75 Å². The van der Waals surface area contributed by atoms with Crippen LogP contribution in [0.25, 0.3) is 0 Å². The van der Waals surface area contributed by atoms with E-state index in [0.29, 0.717) is 11.6 Å². The molecule has 2 rings (SSSR count). The third kappa shape index (κ3) is 3.35. The second kappa shape index (κ2) is 5.25. The fraction of sp³-hybridized carbons (Fsp3) is 0.538. The molecule has 1 aromatic carbocycles. The van der Waals surface area contributed by atoms with Crippen LogP contribution in [0.4, 0.5) is 0 Å². The van der Waals surface area contributed by atoms with Gasteiger partial charge in [-0.2, -0.15) is 0 Å². The van der Waals surface area contributed by atoms with Crippen LogP contribution in [0.2, 0.25) is 5.02 Å². The predicted molar refractivity (Wildman–Crippen MR) is 68.7 cm³/mol. The highest BCUT2D eigenvalue weighted by Crippen LogP contribution is 2.25. The molecule has 3 nitrogen and oxygen atoms in total. The maximum Gasteiger partial charge on any atom is 0.122 e. The summed E-state index contributed by atoms with van der Waals surface area (Å²) in [6.45, 7) is 3.99. The molecule has 94 valence electrons. The standard InChI is InChI=1S/C13H18ClNO2/c1-10-8-11(14)2-3-12(10)17-9-13(16)4-6-15-7-5-13/h2-3,8,15-16H,4-7,9H2,1H3. The number of hydrogen-bond donors (Lipinski definition) is 2. The molecule has 1 fully saturated rings. The van der Waals surface area contributed by atoms with Gasteiger partial charge in [0.15, 0.2) is 0 Å². The average Bonchev–Trinajstić information content (AvgIpc) is 2.29. The minimum atomic E-state index is -0.697. The lowest BCUT2D eigenvalue weighted by Crippen LogP contribution is -2.46. The molecule has 2 N–H and O–H groups in total. The van der Waals surface area contributed by atoms with Gasteiger partial charge in [0, 0.05) is 5.02 Å². The van der Waals surface area contributed by atoms with Crippen LogP contribution in [0.1, 0.15) is 18.4 Å². The Hall–Kier alpha value is -0.770. The first kappa shape index (κ1) is 12.7. The smallest absolute Gasteiger partial charge is 0.122 e. The van der Waals surface area contributed by atoms with E-state index in [1.807, 2.05) is 19.1 Å². The first-order valence-electron chi connectivity index (χ1n) is 5.91. The van der Waals surface area contributed by atoms with Crippen molar-refractivity contribution >= 4 is 11.6 Å². The Bertz CT molecular complexity index is 389. The molecule has 0 aromatic heterocycles. The third-order valence-corrected chi connectivity index (χ3v) is 3.40. The highest BCUT2D eigenvalue weighted by molar-refractivity contribution is 6.30. The Morgan fingerprint density at radius 1 is 1.41 bits per heavy atom. The summed E-state index contributed by atoms with van der Waals surface area (Å²) in [5.74, 6) is 0.793. The normalized spacial score (nSPS) is 19.0. The summed E-state index contributed by atoms with van der Waals surface area (Å²) in [6, 6.07) is 5.52. The second-order valence-electron chi connectivity index (χ2n) is 4.67. The van der Waals surface area contributed by atoms with Crippen molar-refractivity contribution < 1.29 is 9.84 Å². The number of hydrogen-bond acceptors (Lipinski definition) is 3. The van der Waals surface area contributed by atoms with Crippen LogP contribution >= 0.6 is 11.6 Å². The first-order valence-corrected chi connectivity index (χ1v) is 6.29. The van der Waals surface area contributed by atoms with Crippen molar-refractivity contribution in [2.45, 2.75) is 25.4 Å². The van der Waals surface area contributed by atoms with Gasteiger partial charge >= 0.3 is 0 Å². The molecule has 0 unspecified atom stereocenters. The van der Waals surface area contributed by atoms with Crippen molar-refractivity contribution in [2.75, 3.05) is 19.7 Å². The number of benzene rings is 1. The fourth-order valence-electron chi connectivity index (χ4n) is 2.02. The Balaban J connectivity index is 1.97. The number of nitrogens with one attached hydrogen (secondary N) is 1. The van der Waals surface area contributed by atoms with E-state index in [1.165, 1.54) is 0 Å². The van der Waals surface area contributed by atoms with Gasteiger partial charge in [-0.25, -0.2) is 0 Å². The summed E-state index contributed by atoms with van der Waals surface area (Å²) in [4.78, 5) is 0. The molecule has 17 heavy (non-hydrogen) atoms. The van der Waals surface area contributed by atoms with Crippen LogP contribution in [0, 0.1) is 6.92 Å². The highest BCUT2D eigenvalue weighted by atomic mass is 35.5. The van der Waals surface area contributed by atoms with Crippen LogP contribution in [0.3, 0.4) is 0 Å². The topological polar surface area (TPSA) is 41.5 Å². The second-order valence-corrected chi connectivity index (χ2v) is 5.11. The molecule has 1 heterocycles. The van der Waals surface area contributed by atoms with E-state index in [2.05, 4.69) is 5.32 Å². The SMILES string of the molecule is Cc1cc(Cl)ccc1OCC1(O)CCNCC1. The van der Waals surface area contributed by atoms with Crippen molar-refractivity contribution in [1.82, 2.24) is 5.32 Å². The molecule has 1 aliphatic heterocycles.